The van der Waals surface area contributed by atoms with E-state index in [1.54, 1.807) is 13.8 Å². The molecule has 0 aliphatic heterocycles. The highest BCUT2D eigenvalue weighted by Gasteiger charge is 2.31. The first-order valence-corrected chi connectivity index (χ1v) is 12.6. The number of amides is 3. The molecule has 35 heavy (non-hydrogen) atoms. The lowest BCUT2D eigenvalue weighted by Crippen LogP contribution is -2.58. The number of hydrogen-bond donors (Lipinski definition) is 8. The number of nitrogens with two attached hydrogens (primary N) is 4. The first-order chi connectivity index (χ1) is 16.6. The maximum atomic E-state index is 13.1. The quantitative estimate of drug-likeness (QED) is 0.0944. The van der Waals surface area contributed by atoms with E-state index in [2.05, 4.69) is 16.0 Å². The minimum absolute atomic E-state index is 0.231. The number of rotatable bonds is 20. The number of nitrogens with one attached hydrogen (secondary N) is 3. The molecule has 0 aromatic carbocycles. The summed E-state index contributed by atoms with van der Waals surface area (Å²) in [4.78, 5) is 50.1. The largest absolute Gasteiger partial charge is 0.480 e. The van der Waals surface area contributed by atoms with Crippen LogP contribution in [-0.4, -0.2) is 72.6 Å². The van der Waals surface area contributed by atoms with E-state index in [0.717, 1.165) is 6.42 Å². The van der Waals surface area contributed by atoms with Crippen LogP contribution in [0, 0.1) is 5.92 Å². The summed E-state index contributed by atoms with van der Waals surface area (Å²) < 4.78 is 0. The molecule has 12 heteroatoms. The van der Waals surface area contributed by atoms with Gasteiger partial charge in [0.05, 0.1) is 6.04 Å². The zero-order valence-corrected chi connectivity index (χ0v) is 21.3. The van der Waals surface area contributed by atoms with Gasteiger partial charge in [0.1, 0.15) is 18.1 Å². The summed E-state index contributed by atoms with van der Waals surface area (Å²) in [6.07, 6.45) is 4.79. The predicted octanol–water partition coefficient (Wildman–Crippen LogP) is -1.10. The molecule has 0 aromatic heterocycles. The zero-order valence-electron chi connectivity index (χ0n) is 21.3. The van der Waals surface area contributed by atoms with E-state index in [1.807, 2.05) is 0 Å². The lowest BCUT2D eigenvalue weighted by molar-refractivity contribution is -0.142. The highest BCUT2D eigenvalue weighted by molar-refractivity contribution is 5.94. The zero-order chi connectivity index (χ0) is 26.8. The van der Waals surface area contributed by atoms with Gasteiger partial charge >= 0.3 is 5.97 Å². The van der Waals surface area contributed by atoms with Crippen molar-refractivity contribution < 1.29 is 24.3 Å². The number of unbranched alkanes of at least 4 members (excludes halogenated alkanes) is 3. The van der Waals surface area contributed by atoms with Crippen molar-refractivity contribution in [1.29, 1.82) is 0 Å². The summed E-state index contributed by atoms with van der Waals surface area (Å²) in [6.45, 7) is 4.90. The van der Waals surface area contributed by atoms with E-state index in [-0.39, 0.29) is 18.8 Å². The lowest BCUT2D eigenvalue weighted by atomic mass is 10.0. The summed E-state index contributed by atoms with van der Waals surface area (Å²) in [7, 11) is 0. The van der Waals surface area contributed by atoms with Crippen LogP contribution in [0.3, 0.4) is 0 Å². The van der Waals surface area contributed by atoms with E-state index in [9.17, 15) is 24.3 Å². The van der Waals surface area contributed by atoms with Crippen molar-refractivity contribution in [1.82, 2.24) is 16.0 Å². The van der Waals surface area contributed by atoms with E-state index >= 15 is 0 Å². The van der Waals surface area contributed by atoms with Gasteiger partial charge < -0.3 is 44.0 Å². The Morgan fingerprint density at radius 2 is 1.11 bits per heavy atom. The van der Waals surface area contributed by atoms with Crippen molar-refractivity contribution in [2.75, 3.05) is 19.6 Å². The van der Waals surface area contributed by atoms with Crippen molar-refractivity contribution in [3.05, 3.63) is 0 Å². The molecular weight excluding hydrogens is 454 g/mol. The van der Waals surface area contributed by atoms with Crippen LogP contribution in [0.4, 0.5) is 0 Å². The van der Waals surface area contributed by atoms with E-state index in [1.165, 1.54) is 0 Å². The monoisotopic (exact) mass is 501 g/mol. The van der Waals surface area contributed by atoms with Gasteiger partial charge in [0.15, 0.2) is 0 Å². The Bertz CT molecular complexity index is 648. The Balaban J connectivity index is 5.33. The van der Waals surface area contributed by atoms with Gasteiger partial charge in [0.25, 0.3) is 0 Å². The third-order valence-electron chi connectivity index (χ3n) is 5.69. The highest BCUT2D eigenvalue weighted by atomic mass is 16.4. The van der Waals surface area contributed by atoms with Crippen molar-refractivity contribution >= 4 is 23.7 Å². The predicted molar refractivity (Wildman–Crippen MR) is 135 cm³/mol. The number of hydrogen-bond acceptors (Lipinski definition) is 8. The molecule has 204 valence electrons. The van der Waals surface area contributed by atoms with Gasteiger partial charge in [0.2, 0.25) is 17.7 Å². The summed E-state index contributed by atoms with van der Waals surface area (Å²) in [6, 6.07) is -3.74. The molecule has 4 unspecified atom stereocenters. The second kappa shape index (κ2) is 19.0. The standard InChI is InChI=1S/C23H47N7O5/c1-15(2)19(30-20(31)16(27)9-3-6-12-24)22(33)28-17(10-4-7-13-25)21(32)29-18(23(34)35)11-5-8-14-26/h15-19H,3-14,24-27H2,1-2H3,(H,28,33)(H,29,32)(H,30,31)(H,34,35). The molecule has 4 atom stereocenters. The first-order valence-electron chi connectivity index (χ1n) is 12.6. The lowest BCUT2D eigenvalue weighted by Gasteiger charge is -2.27. The number of carboxylic acid groups (broad SMARTS) is 1. The van der Waals surface area contributed by atoms with Gasteiger partial charge in [-0.1, -0.05) is 20.3 Å². The second-order valence-electron chi connectivity index (χ2n) is 9.15. The van der Waals surface area contributed by atoms with Gasteiger partial charge in [-0.3, -0.25) is 14.4 Å². The summed E-state index contributed by atoms with van der Waals surface area (Å²) >= 11 is 0. The fourth-order valence-electron chi connectivity index (χ4n) is 3.48. The molecule has 0 fully saturated rings. The topological polar surface area (TPSA) is 229 Å². The molecule has 0 spiro atoms. The molecule has 0 aliphatic rings. The number of carbonyl (C=O) groups is 4. The van der Waals surface area contributed by atoms with Crippen molar-refractivity contribution in [3.8, 4) is 0 Å². The van der Waals surface area contributed by atoms with Crippen LogP contribution in [0.1, 0.15) is 71.6 Å². The fourth-order valence-corrected chi connectivity index (χ4v) is 3.48. The van der Waals surface area contributed by atoms with Crippen LogP contribution in [0.5, 0.6) is 0 Å². The van der Waals surface area contributed by atoms with Crippen LogP contribution in [0.2, 0.25) is 0 Å². The average molecular weight is 502 g/mol. The Kier molecular flexibility index (Phi) is 17.7. The molecular formula is C23H47N7O5. The third kappa shape index (κ3) is 14.0. The molecule has 0 saturated heterocycles. The Morgan fingerprint density at radius 3 is 1.57 bits per heavy atom. The number of carbonyl (C=O) groups excluding carboxylic acids is 3. The summed E-state index contributed by atoms with van der Waals surface area (Å²) in [5.41, 5.74) is 22.4. The molecule has 0 bridgehead atoms. The molecule has 12 N–H and O–H groups in total. The maximum Gasteiger partial charge on any atom is 0.326 e. The average Bonchev–Trinajstić information content (AvgIpc) is 2.80. The van der Waals surface area contributed by atoms with Crippen molar-refractivity contribution in [2.24, 2.45) is 28.9 Å². The Morgan fingerprint density at radius 1 is 0.657 bits per heavy atom. The molecule has 12 nitrogen and oxygen atoms in total. The molecule has 0 heterocycles. The van der Waals surface area contributed by atoms with Crippen LogP contribution in [-0.2, 0) is 19.2 Å². The maximum absolute atomic E-state index is 13.1. The summed E-state index contributed by atoms with van der Waals surface area (Å²) in [5, 5.41) is 17.4. The smallest absolute Gasteiger partial charge is 0.326 e. The van der Waals surface area contributed by atoms with E-state index in [4.69, 9.17) is 22.9 Å². The Labute approximate surface area is 208 Å². The van der Waals surface area contributed by atoms with Crippen LogP contribution in [0.25, 0.3) is 0 Å². The van der Waals surface area contributed by atoms with Crippen LogP contribution >= 0.6 is 0 Å². The van der Waals surface area contributed by atoms with Crippen molar-refractivity contribution in [3.63, 3.8) is 0 Å². The molecule has 0 rings (SSSR count). The second-order valence-corrected chi connectivity index (χ2v) is 9.15. The summed E-state index contributed by atoms with van der Waals surface area (Å²) in [5.74, 6) is -3.01. The van der Waals surface area contributed by atoms with Gasteiger partial charge in [-0.05, 0) is 76.9 Å². The van der Waals surface area contributed by atoms with Crippen molar-refractivity contribution in [2.45, 2.75) is 95.8 Å². The number of carboxylic acids is 1. The molecule has 0 aliphatic carbocycles. The normalized spacial score (nSPS) is 14.6. The molecule has 0 saturated carbocycles. The fraction of sp³-hybridized carbons (Fsp3) is 0.826. The SMILES string of the molecule is CC(C)C(NC(=O)C(N)CCCCN)C(=O)NC(CCCCN)C(=O)NC(CCCCN)C(=O)O. The van der Waals surface area contributed by atoms with Crippen LogP contribution < -0.4 is 38.9 Å². The third-order valence-corrected chi connectivity index (χ3v) is 5.69. The minimum atomic E-state index is -1.15. The first kappa shape index (κ1) is 32.7. The number of aliphatic carboxylic acids is 1. The van der Waals surface area contributed by atoms with Gasteiger partial charge in [-0.15, -0.1) is 0 Å². The van der Waals surface area contributed by atoms with Gasteiger partial charge in [-0.25, -0.2) is 4.79 Å². The van der Waals surface area contributed by atoms with Crippen LogP contribution in [0.15, 0.2) is 0 Å². The van der Waals surface area contributed by atoms with E-state index in [0.29, 0.717) is 58.2 Å². The Hall–Kier alpha value is -2.28. The van der Waals surface area contributed by atoms with Gasteiger partial charge in [0, 0.05) is 0 Å². The molecule has 0 aromatic rings. The van der Waals surface area contributed by atoms with E-state index < -0.39 is 47.9 Å². The highest BCUT2D eigenvalue weighted by Crippen LogP contribution is 2.09. The van der Waals surface area contributed by atoms with Gasteiger partial charge in [-0.2, -0.15) is 0 Å². The minimum Gasteiger partial charge on any atom is -0.480 e. The molecule has 0 radical (unpaired) electrons. The molecule has 3 amide bonds.